The van der Waals surface area contributed by atoms with Crippen molar-refractivity contribution >= 4 is 17.3 Å². The molecule has 0 saturated carbocycles. The second-order valence-electron chi connectivity index (χ2n) is 9.11. The molecule has 0 spiro atoms. The van der Waals surface area contributed by atoms with Gasteiger partial charge in [-0.1, -0.05) is 6.07 Å². The van der Waals surface area contributed by atoms with E-state index < -0.39 is 0 Å². The molecule has 3 atom stereocenters. The molecule has 8 heteroatoms. The van der Waals surface area contributed by atoms with Crippen molar-refractivity contribution in [1.29, 1.82) is 0 Å². The van der Waals surface area contributed by atoms with E-state index in [0.29, 0.717) is 0 Å². The third kappa shape index (κ3) is 3.61. The Labute approximate surface area is 204 Å². The standard InChI is InChI=1S/C26H28N4O3S/c1-16-12-20(17(2)30(16)18-8-9-22-23(13-18)33-15-32-22)25-24(21-7-3-4-10-27-21)28-26(34)29(25)14-19-6-5-11-31-19/h3-4,7-10,12-13,19,24-25H,5-6,11,14-15H2,1-2H3,(H,28,34)/t19-,24+,25+/m0/s1. The van der Waals surface area contributed by atoms with Crippen molar-refractivity contribution in [3.63, 3.8) is 0 Å². The highest BCUT2D eigenvalue weighted by Gasteiger charge is 2.42. The topological polar surface area (TPSA) is 60.8 Å². The van der Waals surface area contributed by atoms with Crippen LogP contribution in [0.5, 0.6) is 11.5 Å². The quantitative estimate of drug-likeness (QED) is 0.549. The first-order chi connectivity index (χ1) is 16.6. The van der Waals surface area contributed by atoms with E-state index >= 15 is 0 Å². The molecule has 176 valence electrons. The van der Waals surface area contributed by atoms with E-state index in [0.717, 1.165) is 59.7 Å². The summed E-state index contributed by atoms with van der Waals surface area (Å²) in [4.78, 5) is 6.98. The fourth-order valence-electron chi connectivity index (χ4n) is 5.46. The van der Waals surface area contributed by atoms with Gasteiger partial charge in [0.1, 0.15) is 0 Å². The van der Waals surface area contributed by atoms with Crippen LogP contribution < -0.4 is 14.8 Å². The highest BCUT2D eigenvalue weighted by atomic mass is 32.1. The molecule has 0 radical (unpaired) electrons. The van der Waals surface area contributed by atoms with Gasteiger partial charge in [-0.3, -0.25) is 4.98 Å². The molecular formula is C26H28N4O3S. The molecule has 0 aliphatic carbocycles. The summed E-state index contributed by atoms with van der Waals surface area (Å²) < 4.78 is 19.4. The van der Waals surface area contributed by atoms with Gasteiger partial charge in [-0.25, -0.2) is 0 Å². The number of aryl methyl sites for hydroxylation is 1. The van der Waals surface area contributed by atoms with Crippen LogP contribution >= 0.6 is 12.2 Å². The highest BCUT2D eigenvalue weighted by molar-refractivity contribution is 7.80. The Bertz CT molecular complexity index is 1220. The van der Waals surface area contributed by atoms with Crippen molar-refractivity contribution in [1.82, 2.24) is 19.8 Å². The van der Waals surface area contributed by atoms with Gasteiger partial charge in [-0.2, -0.15) is 0 Å². The Hall–Kier alpha value is -3.10. The summed E-state index contributed by atoms with van der Waals surface area (Å²) in [6.07, 6.45) is 4.21. The normalized spacial score (nSPS) is 23.5. The van der Waals surface area contributed by atoms with E-state index in [1.165, 1.54) is 11.3 Å². The number of nitrogens with zero attached hydrogens (tertiary/aromatic N) is 3. The molecule has 1 N–H and O–H groups in total. The van der Waals surface area contributed by atoms with Crippen LogP contribution in [-0.2, 0) is 4.74 Å². The van der Waals surface area contributed by atoms with Crippen LogP contribution in [0.4, 0.5) is 0 Å². The van der Waals surface area contributed by atoms with Crippen LogP contribution in [0, 0.1) is 13.8 Å². The van der Waals surface area contributed by atoms with Crippen LogP contribution in [0.2, 0.25) is 0 Å². The van der Waals surface area contributed by atoms with E-state index in [1.807, 2.05) is 30.5 Å². The predicted octanol–water partition coefficient (Wildman–Crippen LogP) is 4.37. The van der Waals surface area contributed by atoms with Gasteiger partial charge in [-0.15, -0.1) is 0 Å². The van der Waals surface area contributed by atoms with Crippen molar-refractivity contribution in [2.45, 2.75) is 44.9 Å². The van der Waals surface area contributed by atoms with Gasteiger partial charge in [0.05, 0.1) is 23.9 Å². The maximum atomic E-state index is 5.98. The average Bonchev–Trinajstić information content (AvgIpc) is 3.63. The lowest BCUT2D eigenvalue weighted by Crippen LogP contribution is -2.36. The Kier molecular flexibility index (Phi) is 5.42. The molecular weight excluding hydrogens is 448 g/mol. The molecule has 2 aromatic heterocycles. The van der Waals surface area contributed by atoms with E-state index in [1.54, 1.807) is 0 Å². The Balaban J connectivity index is 1.43. The number of aromatic nitrogens is 2. The van der Waals surface area contributed by atoms with Gasteiger partial charge in [0.15, 0.2) is 16.6 Å². The van der Waals surface area contributed by atoms with Gasteiger partial charge in [-0.05, 0) is 74.8 Å². The minimum Gasteiger partial charge on any atom is -0.454 e. The molecule has 34 heavy (non-hydrogen) atoms. The van der Waals surface area contributed by atoms with E-state index in [2.05, 4.69) is 51.8 Å². The lowest BCUT2D eigenvalue weighted by atomic mass is 9.96. The molecule has 0 amide bonds. The first-order valence-corrected chi connectivity index (χ1v) is 12.2. The fraction of sp³-hybridized carbons (Fsp3) is 0.385. The van der Waals surface area contributed by atoms with Crippen LogP contribution in [-0.4, -0.2) is 45.6 Å². The third-order valence-corrected chi connectivity index (χ3v) is 7.38. The molecule has 3 aliphatic rings. The second kappa shape index (κ2) is 8.60. The zero-order chi connectivity index (χ0) is 23.2. The summed E-state index contributed by atoms with van der Waals surface area (Å²) in [6, 6.07) is 14.4. The second-order valence-corrected chi connectivity index (χ2v) is 9.50. The number of hydrogen-bond acceptors (Lipinski definition) is 5. The average molecular weight is 477 g/mol. The number of hydrogen-bond donors (Lipinski definition) is 1. The van der Waals surface area contributed by atoms with E-state index in [4.69, 9.17) is 26.4 Å². The van der Waals surface area contributed by atoms with Crippen molar-refractivity contribution < 1.29 is 14.2 Å². The van der Waals surface area contributed by atoms with Crippen molar-refractivity contribution in [2.24, 2.45) is 0 Å². The SMILES string of the molecule is Cc1cc([C@@H]2[C@@H](c3ccccn3)NC(=S)N2C[C@@H]2CCCO2)c(C)n1-c1ccc2c(c1)OCO2. The smallest absolute Gasteiger partial charge is 0.231 e. The molecule has 2 fully saturated rings. The number of ether oxygens (including phenoxy) is 3. The summed E-state index contributed by atoms with van der Waals surface area (Å²) >= 11 is 5.85. The van der Waals surface area contributed by atoms with Gasteiger partial charge in [0.25, 0.3) is 0 Å². The lowest BCUT2D eigenvalue weighted by Gasteiger charge is -2.30. The maximum absolute atomic E-state index is 5.98. The Morgan fingerprint density at radius 1 is 1.12 bits per heavy atom. The zero-order valence-electron chi connectivity index (χ0n) is 19.4. The molecule has 0 unspecified atom stereocenters. The van der Waals surface area contributed by atoms with Gasteiger partial charge in [0, 0.05) is 42.5 Å². The Morgan fingerprint density at radius 2 is 2.00 bits per heavy atom. The fourth-order valence-corrected chi connectivity index (χ4v) is 5.77. The van der Waals surface area contributed by atoms with Crippen molar-refractivity contribution in [3.8, 4) is 17.2 Å². The first kappa shape index (κ1) is 21.4. The number of benzene rings is 1. The first-order valence-electron chi connectivity index (χ1n) is 11.8. The summed E-state index contributed by atoms with van der Waals surface area (Å²) in [5.41, 5.74) is 5.60. The molecule has 1 aromatic carbocycles. The van der Waals surface area contributed by atoms with Crippen molar-refractivity contribution in [2.75, 3.05) is 19.9 Å². The van der Waals surface area contributed by atoms with Gasteiger partial charge < -0.3 is 29.0 Å². The number of pyridine rings is 1. The molecule has 6 rings (SSSR count). The van der Waals surface area contributed by atoms with Crippen LogP contribution in [0.15, 0.2) is 48.7 Å². The number of thiocarbonyl (C=S) groups is 1. The minimum atomic E-state index is -0.0409. The monoisotopic (exact) mass is 476 g/mol. The minimum absolute atomic E-state index is 0.0144. The van der Waals surface area contributed by atoms with Gasteiger partial charge in [0.2, 0.25) is 6.79 Å². The molecule has 7 nitrogen and oxygen atoms in total. The van der Waals surface area contributed by atoms with E-state index in [9.17, 15) is 0 Å². The van der Waals surface area contributed by atoms with Crippen LogP contribution in [0.25, 0.3) is 5.69 Å². The number of fused-ring (bicyclic) bond motifs is 1. The summed E-state index contributed by atoms with van der Waals surface area (Å²) in [7, 11) is 0. The summed E-state index contributed by atoms with van der Waals surface area (Å²) in [5.74, 6) is 1.57. The predicted molar refractivity (Wildman–Crippen MR) is 132 cm³/mol. The largest absolute Gasteiger partial charge is 0.454 e. The number of nitrogens with one attached hydrogen (secondary N) is 1. The maximum Gasteiger partial charge on any atom is 0.231 e. The number of rotatable bonds is 5. The lowest BCUT2D eigenvalue weighted by molar-refractivity contribution is 0.0842. The van der Waals surface area contributed by atoms with Crippen LogP contribution in [0.1, 0.15) is 47.6 Å². The van der Waals surface area contributed by atoms with E-state index in [-0.39, 0.29) is 25.0 Å². The van der Waals surface area contributed by atoms with Gasteiger partial charge >= 0.3 is 0 Å². The molecule has 2 saturated heterocycles. The molecule has 3 aliphatic heterocycles. The van der Waals surface area contributed by atoms with Crippen molar-refractivity contribution in [3.05, 3.63) is 71.3 Å². The molecule has 5 heterocycles. The third-order valence-electron chi connectivity index (χ3n) is 7.03. The Morgan fingerprint density at radius 3 is 2.79 bits per heavy atom. The summed E-state index contributed by atoms with van der Waals surface area (Å²) in [5, 5.41) is 4.32. The molecule has 3 aromatic rings. The zero-order valence-corrected chi connectivity index (χ0v) is 20.2. The molecule has 0 bridgehead atoms. The van der Waals surface area contributed by atoms with Crippen LogP contribution in [0.3, 0.4) is 0 Å². The summed E-state index contributed by atoms with van der Waals surface area (Å²) in [6.45, 7) is 6.18. The highest BCUT2D eigenvalue weighted by Crippen LogP contribution is 2.42.